The molecular formula is C5H8NO2. The van der Waals surface area contributed by atoms with Gasteiger partial charge in [0, 0.05) is 20.1 Å². The predicted octanol–water partition coefficient (Wildman–Crippen LogP) is -0.206. The van der Waals surface area contributed by atoms with Crippen LogP contribution < -0.4 is 0 Å². The average molecular weight is 114 g/mol. The van der Waals surface area contributed by atoms with Crippen molar-refractivity contribution in [2.45, 2.75) is 0 Å². The normalized spacial score (nSPS) is 22.6. The molecule has 0 aromatic heterocycles. The number of nitrogens with zero attached hydrogens (tertiary/aromatic N) is 1. The van der Waals surface area contributed by atoms with E-state index in [0.29, 0.717) is 13.1 Å². The molecule has 0 unspecified atom stereocenters. The zero-order valence-electron chi connectivity index (χ0n) is 4.50. The summed E-state index contributed by atoms with van der Waals surface area (Å²) in [6.45, 7) is 1.21. The fraction of sp³-hybridized carbons (Fsp3) is 0.600. The fourth-order valence-electron chi connectivity index (χ4n) is 0.726. The van der Waals surface area contributed by atoms with Crippen molar-refractivity contribution in [1.82, 2.24) is 4.90 Å². The minimum absolute atomic E-state index is 0.160. The monoisotopic (exact) mass is 114 g/mol. The SMILES string of the molecule is [CH2]N1CC(C(=O)O)C1. The molecule has 0 atom stereocenters. The van der Waals surface area contributed by atoms with Crippen LogP contribution in [0.3, 0.4) is 0 Å². The van der Waals surface area contributed by atoms with Gasteiger partial charge >= 0.3 is 5.97 Å². The third-order valence-electron chi connectivity index (χ3n) is 1.31. The summed E-state index contributed by atoms with van der Waals surface area (Å²) >= 11 is 0. The second-order valence-corrected chi connectivity index (χ2v) is 2.07. The molecule has 1 N–H and O–H groups in total. The van der Waals surface area contributed by atoms with Crippen molar-refractivity contribution in [1.29, 1.82) is 0 Å². The van der Waals surface area contributed by atoms with Crippen molar-refractivity contribution >= 4 is 5.97 Å². The highest BCUT2D eigenvalue weighted by Gasteiger charge is 2.29. The van der Waals surface area contributed by atoms with Crippen LogP contribution in [0.1, 0.15) is 0 Å². The molecule has 0 spiro atoms. The van der Waals surface area contributed by atoms with E-state index in [-0.39, 0.29) is 5.92 Å². The Morgan fingerprint density at radius 3 is 2.38 bits per heavy atom. The first-order chi connectivity index (χ1) is 3.70. The summed E-state index contributed by atoms with van der Waals surface area (Å²) in [6, 6.07) is 0. The molecule has 3 heteroatoms. The van der Waals surface area contributed by atoms with E-state index in [1.54, 1.807) is 4.90 Å². The molecule has 1 aliphatic heterocycles. The van der Waals surface area contributed by atoms with Crippen molar-refractivity contribution in [2.75, 3.05) is 13.1 Å². The van der Waals surface area contributed by atoms with E-state index in [2.05, 4.69) is 7.05 Å². The van der Waals surface area contributed by atoms with Crippen LogP contribution in [0.25, 0.3) is 0 Å². The van der Waals surface area contributed by atoms with Crippen LogP contribution in [-0.4, -0.2) is 29.1 Å². The molecule has 0 aromatic rings. The fourth-order valence-corrected chi connectivity index (χ4v) is 0.726. The summed E-state index contributed by atoms with van der Waals surface area (Å²) in [5.41, 5.74) is 0. The smallest absolute Gasteiger partial charge is 0.309 e. The molecule has 0 amide bonds. The molecule has 1 aliphatic rings. The molecule has 1 heterocycles. The molecule has 8 heavy (non-hydrogen) atoms. The van der Waals surface area contributed by atoms with E-state index in [4.69, 9.17) is 5.11 Å². The Balaban J connectivity index is 2.25. The molecule has 0 aromatic carbocycles. The van der Waals surface area contributed by atoms with Crippen LogP contribution in [-0.2, 0) is 4.79 Å². The maximum Gasteiger partial charge on any atom is 0.309 e. The lowest BCUT2D eigenvalue weighted by atomic mass is 10.0. The van der Waals surface area contributed by atoms with E-state index in [9.17, 15) is 4.79 Å². The van der Waals surface area contributed by atoms with Gasteiger partial charge in [-0.25, -0.2) is 0 Å². The summed E-state index contributed by atoms with van der Waals surface area (Å²) in [5.74, 6) is -0.864. The zero-order chi connectivity index (χ0) is 6.15. The molecule has 0 bridgehead atoms. The molecule has 1 rings (SSSR count). The lowest BCUT2D eigenvalue weighted by molar-refractivity contribution is -0.146. The summed E-state index contributed by atoms with van der Waals surface area (Å²) in [7, 11) is 3.55. The van der Waals surface area contributed by atoms with Gasteiger partial charge in [0.15, 0.2) is 0 Å². The summed E-state index contributed by atoms with van der Waals surface area (Å²) in [4.78, 5) is 11.8. The minimum atomic E-state index is -0.704. The number of carboxylic acid groups (broad SMARTS) is 1. The van der Waals surface area contributed by atoms with Gasteiger partial charge in [-0.15, -0.1) is 0 Å². The van der Waals surface area contributed by atoms with Gasteiger partial charge in [-0.05, 0) is 0 Å². The lowest BCUT2D eigenvalue weighted by Crippen LogP contribution is -2.46. The van der Waals surface area contributed by atoms with Gasteiger partial charge in [0.1, 0.15) is 0 Å². The molecule has 45 valence electrons. The van der Waals surface area contributed by atoms with Gasteiger partial charge in [0.2, 0.25) is 0 Å². The molecular weight excluding hydrogens is 106 g/mol. The van der Waals surface area contributed by atoms with Crippen LogP contribution in [0.5, 0.6) is 0 Å². The first-order valence-corrected chi connectivity index (χ1v) is 2.48. The Kier molecular flexibility index (Phi) is 1.21. The van der Waals surface area contributed by atoms with Gasteiger partial charge in [-0.3, -0.25) is 4.79 Å². The van der Waals surface area contributed by atoms with Crippen molar-refractivity contribution in [3.8, 4) is 0 Å². The van der Waals surface area contributed by atoms with Gasteiger partial charge in [-0.1, -0.05) is 0 Å². The highest BCUT2D eigenvalue weighted by atomic mass is 16.4. The summed E-state index contributed by atoms with van der Waals surface area (Å²) in [5, 5.41) is 8.30. The number of hydrogen-bond donors (Lipinski definition) is 1. The Morgan fingerprint density at radius 2 is 2.25 bits per heavy atom. The second-order valence-electron chi connectivity index (χ2n) is 2.07. The van der Waals surface area contributed by atoms with Crippen LogP contribution in [0.2, 0.25) is 0 Å². The molecule has 3 nitrogen and oxygen atoms in total. The second kappa shape index (κ2) is 1.74. The quantitative estimate of drug-likeness (QED) is 0.513. The molecule has 0 saturated carbocycles. The maximum atomic E-state index is 10.1. The number of likely N-dealkylation sites (tertiary alicyclic amines) is 1. The first kappa shape index (κ1) is 5.56. The first-order valence-electron chi connectivity index (χ1n) is 2.48. The number of carboxylic acids is 1. The minimum Gasteiger partial charge on any atom is -0.481 e. The van der Waals surface area contributed by atoms with Crippen LogP contribution in [0.15, 0.2) is 0 Å². The molecule has 1 radical (unpaired) electrons. The molecule has 0 aliphatic carbocycles. The van der Waals surface area contributed by atoms with Gasteiger partial charge in [-0.2, -0.15) is 0 Å². The van der Waals surface area contributed by atoms with Gasteiger partial charge < -0.3 is 10.0 Å². The van der Waals surface area contributed by atoms with Gasteiger partial charge in [0.25, 0.3) is 0 Å². The third-order valence-corrected chi connectivity index (χ3v) is 1.31. The van der Waals surface area contributed by atoms with E-state index in [0.717, 1.165) is 0 Å². The van der Waals surface area contributed by atoms with Crippen LogP contribution in [0, 0.1) is 13.0 Å². The Hall–Kier alpha value is -0.570. The van der Waals surface area contributed by atoms with E-state index >= 15 is 0 Å². The number of carbonyl (C=O) groups is 1. The Bertz CT molecular complexity index is 107. The average Bonchev–Trinajstić information content (AvgIpc) is 1.57. The predicted molar refractivity (Wildman–Crippen MR) is 28.1 cm³/mol. The largest absolute Gasteiger partial charge is 0.481 e. The van der Waals surface area contributed by atoms with Crippen LogP contribution >= 0.6 is 0 Å². The van der Waals surface area contributed by atoms with Gasteiger partial charge in [0.05, 0.1) is 5.92 Å². The Morgan fingerprint density at radius 1 is 1.75 bits per heavy atom. The number of hydrogen-bond acceptors (Lipinski definition) is 2. The molecule has 1 fully saturated rings. The highest BCUT2D eigenvalue weighted by Crippen LogP contribution is 2.12. The summed E-state index contributed by atoms with van der Waals surface area (Å²) < 4.78 is 0. The number of rotatable bonds is 1. The number of aliphatic carboxylic acids is 1. The van der Waals surface area contributed by atoms with E-state index in [1.807, 2.05) is 0 Å². The van der Waals surface area contributed by atoms with Crippen molar-refractivity contribution < 1.29 is 9.90 Å². The maximum absolute atomic E-state index is 10.1. The third kappa shape index (κ3) is 0.816. The lowest BCUT2D eigenvalue weighted by Gasteiger charge is -2.32. The Labute approximate surface area is 47.9 Å². The molecule has 1 saturated heterocycles. The highest BCUT2D eigenvalue weighted by molar-refractivity contribution is 5.71. The zero-order valence-corrected chi connectivity index (χ0v) is 4.50. The van der Waals surface area contributed by atoms with E-state index in [1.165, 1.54) is 0 Å². The summed E-state index contributed by atoms with van der Waals surface area (Å²) in [6.07, 6.45) is 0. The van der Waals surface area contributed by atoms with Crippen molar-refractivity contribution in [2.24, 2.45) is 5.92 Å². The standard InChI is InChI=1S/C5H8NO2/c1-6-2-4(3-6)5(7)8/h4H,1-3H2,(H,7,8). The van der Waals surface area contributed by atoms with Crippen molar-refractivity contribution in [3.63, 3.8) is 0 Å². The van der Waals surface area contributed by atoms with Crippen LogP contribution in [0.4, 0.5) is 0 Å². The van der Waals surface area contributed by atoms with E-state index < -0.39 is 5.97 Å². The topological polar surface area (TPSA) is 40.5 Å². The van der Waals surface area contributed by atoms with Crippen molar-refractivity contribution in [3.05, 3.63) is 7.05 Å².